The predicted molar refractivity (Wildman–Crippen MR) is 66.1 cm³/mol. The molecule has 1 aliphatic heterocycles. The monoisotopic (exact) mass is 253 g/mol. The summed E-state index contributed by atoms with van der Waals surface area (Å²) in [7, 11) is 0. The van der Waals surface area contributed by atoms with Crippen molar-refractivity contribution in [2.45, 2.75) is 25.9 Å². The van der Waals surface area contributed by atoms with Gasteiger partial charge < -0.3 is 4.90 Å². The van der Waals surface area contributed by atoms with Crippen LogP contribution >= 0.6 is 11.3 Å². The predicted octanol–water partition coefficient (Wildman–Crippen LogP) is 2.88. The Kier molecular flexibility index (Phi) is 2.69. The molecule has 1 aliphatic carbocycles. The van der Waals surface area contributed by atoms with Gasteiger partial charge in [0.15, 0.2) is 0 Å². The lowest BCUT2D eigenvalue weighted by molar-refractivity contribution is 0.0780. The molecule has 0 bridgehead atoms. The summed E-state index contributed by atoms with van der Waals surface area (Å²) in [5.74, 6) is 0.929. The van der Waals surface area contributed by atoms with Gasteiger partial charge in [0.25, 0.3) is 5.91 Å². The first-order chi connectivity index (χ1) is 8.13. The van der Waals surface area contributed by atoms with Crippen molar-refractivity contribution in [2.24, 2.45) is 11.8 Å². The van der Waals surface area contributed by atoms with Crippen molar-refractivity contribution in [1.82, 2.24) is 4.90 Å². The number of nitrogens with zero attached hydrogens (tertiary/aromatic N) is 1. The van der Waals surface area contributed by atoms with Crippen LogP contribution in [-0.4, -0.2) is 30.1 Å². The maximum Gasteiger partial charge on any atom is 0.263 e. The van der Waals surface area contributed by atoms with Crippen LogP contribution in [0.3, 0.4) is 0 Å². The van der Waals surface area contributed by atoms with Crippen LogP contribution < -0.4 is 0 Å². The summed E-state index contributed by atoms with van der Waals surface area (Å²) in [4.78, 5) is 16.1. The highest BCUT2D eigenvalue weighted by Crippen LogP contribution is 2.40. The molecule has 0 N–H and O–H groups in total. The van der Waals surface area contributed by atoms with Crippen molar-refractivity contribution in [1.29, 1.82) is 0 Å². The van der Waals surface area contributed by atoms with Crippen molar-refractivity contribution >= 4 is 17.2 Å². The molecule has 3 rings (SSSR count). The Morgan fingerprint density at radius 1 is 1.35 bits per heavy atom. The fraction of sp³-hybridized carbons (Fsp3) is 0.615. The second kappa shape index (κ2) is 4.09. The van der Waals surface area contributed by atoms with Crippen LogP contribution in [0.1, 0.15) is 27.4 Å². The Hall–Kier alpha value is -0.900. The molecule has 3 atom stereocenters. The van der Waals surface area contributed by atoms with Crippen LogP contribution in [0.2, 0.25) is 0 Å². The van der Waals surface area contributed by atoms with Crippen LogP contribution in [0, 0.1) is 18.8 Å². The van der Waals surface area contributed by atoms with Crippen LogP contribution in [0.25, 0.3) is 0 Å². The minimum absolute atomic E-state index is 0.132. The van der Waals surface area contributed by atoms with E-state index in [1.54, 1.807) is 11.3 Å². The second-order valence-corrected chi connectivity index (χ2v) is 6.50. The summed E-state index contributed by atoms with van der Waals surface area (Å²) < 4.78 is 13.2. The van der Waals surface area contributed by atoms with E-state index in [9.17, 15) is 9.18 Å². The van der Waals surface area contributed by atoms with Crippen molar-refractivity contribution in [3.8, 4) is 0 Å². The van der Waals surface area contributed by atoms with E-state index in [4.69, 9.17) is 0 Å². The van der Waals surface area contributed by atoms with Gasteiger partial charge in [-0.3, -0.25) is 4.79 Å². The zero-order valence-electron chi connectivity index (χ0n) is 9.86. The van der Waals surface area contributed by atoms with Crippen LogP contribution in [0.15, 0.2) is 12.1 Å². The van der Waals surface area contributed by atoms with Gasteiger partial charge in [-0.25, -0.2) is 4.39 Å². The third kappa shape index (κ3) is 1.99. The number of carbonyl (C=O) groups excluding carboxylic acids is 1. The van der Waals surface area contributed by atoms with Crippen LogP contribution in [0.4, 0.5) is 4.39 Å². The maximum absolute atomic E-state index is 13.2. The van der Waals surface area contributed by atoms with E-state index in [1.807, 2.05) is 24.0 Å². The van der Waals surface area contributed by atoms with Crippen molar-refractivity contribution in [3.05, 3.63) is 21.9 Å². The molecule has 17 heavy (non-hydrogen) atoms. The summed E-state index contributed by atoms with van der Waals surface area (Å²) in [6.07, 6.45) is 0.668. The van der Waals surface area contributed by atoms with Gasteiger partial charge in [-0.2, -0.15) is 0 Å². The average molecular weight is 253 g/mol. The van der Waals surface area contributed by atoms with E-state index in [2.05, 4.69) is 0 Å². The molecule has 2 fully saturated rings. The number of thiophene rings is 1. The highest BCUT2D eigenvalue weighted by molar-refractivity contribution is 7.13. The van der Waals surface area contributed by atoms with Gasteiger partial charge >= 0.3 is 0 Å². The molecule has 1 saturated carbocycles. The molecule has 2 aliphatic rings. The minimum atomic E-state index is -0.633. The number of amides is 1. The molecule has 2 heterocycles. The number of rotatable bonds is 1. The average Bonchev–Trinajstić information content (AvgIpc) is 2.90. The largest absolute Gasteiger partial charge is 0.337 e. The van der Waals surface area contributed by atoms with E-state index in [0.29, 0.717) is 24.7 Å². The van der Waals surface area contributed by atoms with Crippen molar-refractivity contribution in [3.63, 3.8) is 0 Å². The zero-order chi connectivity index (χ0) is 12.0. The van der Waals surface area contributed by atoms with Gasteiger partial charge in [0.1, 0.15) is 6.17 Å². The van der Waals surface area contributed by atoms with E-state index in [-0.39, 0.29) is 5.91 Å². The van der Waals surface area contributed by atoms with Crippen LogP contribution in [-0.2, 0) is 0 Å². The van der Waals surface area contributed by atoms with Gasteiger partial charge in [0.2, 0.25) is 0 Å². The molecule has 92 valence electrons. The molecule has 0 radical (unpaired) electrons. The second-order valence-electron chi connectivity index (χ2n) is 5.21. The highest BCUT2D eigenvalue weighted by atomic mass is 32.1. The Labute approximate surface area is 104 Å². The van der Waals surface area contributed by atoms with Gasteiger partial charge in [-0.1, -0.05) is 0 Å². The molecule has 4 heteroatoms. The molecule has 1 unspecified atom stereocenters. The smallest absolute Gasteiger partial charge is 0.263 e. The van der Waals surface area contributed by atoms with Gasteiger partial charge in [0, 0.05) is 18.0 Å². The first kappa shape index (κ1) is 11.2. The number of carbonyl (C=O) groups is 1. The number of aryl methyl sites for hydroxylation is 1. The minimum Gasteiger partial charge on any atom is -0.337 e. The molecule has 1 amide bonds. The van der Waals surface area contributed by atoms with E-state index >= 15 is 0 Å². The number of halogens is 1. The standard InChI is InChI=1S/C13H16FNOS/c1-8-2-3-12(17-8)13(16)15-6-9-4-11(14)5-10(9)7-15/h2-3,9-11H,4-7H2,1H3/t9-,10+,11?. The fourth-order valence-corrected chi connectivity index (χ4v) is 3.93. The topological polar surface area (TPSA) is 20.3 Å². The molecular weight excluding hydrogens is 237 g/mol. The summed E-state index contributed by atoms with van der Waals surface area (Å²) in [5, 5.41) is 0. The third-order valence-corrected chi connectivity index (χ3v) is 4.92. The highest BCUT2D eigenvalue weighted by Gasteiger charge is 2.42. The molecule has 1 aromatic rings. The lowest BCUT2D eigenvalue weighted by Gasteiger charge is -2.16. The quantitative estimate of drug-likeness (QED) is 0.753. The summed E-state index contributed by atoms with van der Waals surface area (Å²) in [6.45, 7) is 3.51. The normalized spacial score (nSPS) is 31.9. The maximum atomic E-state index is 13.2. The molecule has 1 aromatic heterocycles. The van der Waals surface area contributed by atoms with E-state index in [1.165, 1.54) is 0 Å². The third-order valence-electron chi connectivity index (χ3n) is 3.93. The van der Waals surface area contributed by atoms with Gasteiger partial charge in [-0.15, -0.1) is 11.3 Å². The molecule has 0 spiro atoms. The first-order valence-electron chi connectivity index (χ1n) is 6.13. The Morgan fingerprint density at radius 3 is 2.53 bits per heavy atom. The molecule has 0 aromatic carbocycles. The molecular formula is C13H16FNOS. The zero-order valence-corrected chi connectivity index (χ0v) is 10.7. The molecule has 2 nitrogen and oxygen atoms in total. The number of fused-ring (bicyclic) bond motifs is 1. The first-order valence-corrected chi connectivity index (χ1v) is 6.95. The van der Waals surface area contributed by atoms with E-state index in [0.717, 1.165) is 22.8 Å². The number of alkyl halides is 1. The van der Waals surface area contributed by atoms with Gasteiger partial charge in [-0.05, 0) is 43.7 Å². The molecule has 1 saturated heterocycles. The lowest BCUT2D eigenvalue weighted by Crippen LogP contribution is -2.29. The Morgan fingerprint density at radius 2 is 2.00 bits per heavy atom. The van der Waals surface area contributed by atoms with Gasteiger partial charge in [0.05, 0.1) is 4.88 Å². The van der Waals surface area contributed by atoms with Crippen molar-refractivity contribution < 1.29 is 9.18 Å². The van der Waals surface area contributed by atoms with E-state index < -0.39 is 6.17 Å². The Balaban J connectivity index is 1.70. The number of likely N-dealkylation sites (tertiary alicyclic amines) is 1. The summed E-state index contributed by atoms with van der Waals surface area (Å²) in [5.41, 5.74) is 0. The van der Waals surface area contributed by atoms with Crippen LogP contribution in [0.5, 0.6) is 0 Å². The number of hydrogen-bond acceptors (Lipinski definition) is 2. The lowest BCUT2D eigenvalue weighted by atomic mass is 10.0. The number of hydrogen-bond donors (Lipinski definition) is 0. The Bertz CT molecular complexity index is 430. The fourth-order valence-electron chi connectivity index (χ4n) is 3.10. The summed E-state index contributed by atoms with van der Waals surface area (Å²) in [6, 6.07) is 3.88. The SMILES string of the molecule is Cc1ccc(C(=O)N2C[C@H]3CC(F)C[C@H]3C2)s1. The summed E-state index contributed by atoms with van der Waals surface area (Å²) >= 11 is 1.55. The van der Waals surface area contributed by atoms with Crippen molar-refractivity contribution in [2.75, 3.05) is 13.1 Å².